The lowest BCUT2D eigenvalue weighted by Crippen LogP contribution is -2.46. The number of nitrogens with zero attached hydrogens (tertiary/aromatic N) is 3. The third-order valence-corrected chi connectivity index (χ3v) is 9.66. The monoisotopic (exact) mass is 658 g/mol. The van der Waals surface area contributed by atoms with Crippen molar-refractivity contribution in [2.75, 3.05) is 27.2 Å². The molecule has 0 radical (unpaired) electrons. The molecule has 3 aromatic carbocycles. The highest BCUT2D eigenvalue weighted by molar-refractivity contribution is 7.98. The summed E-state index contributed by atoms with van der Waals surface area (Å²) in [6.45, 7) is 5.84. The molecular weight excluding hydrogens is 625 g/mol. The van der Waals surface area contributed by atoms with Gasteiger partial charge in [0.1, 0.15) is 17.4 Å². The molecule has 0 aliphatic carbocycles. The van der Waals surface area contributed by atoms with Crippen LogP contribution >= 0.6 is 35.0 Å². The van der Waals surface area contributed by atoms with Crippen LogP contribution in [-0.4, -0.2) is 53.6 Å². The SMILES string of the molecule is COc1cc(C(C)(C)c2cnc(SCc3c(F)cc(C(=O)N[C@H]4CCCN(C)C4)cc3Cl)n2-c2ccc(F)cc2)ccc1Cl. The normalized spacial score (nSPS) is 15.8. The Morgan fingerprint density at radius 3 is 2.55 bits per heavy atom. The van der Waals surface area contributed by atoms with E-state index in [4.69, 9.17) is 32.9 Å². The lowest BCUT2D eigenvalue weighted by atomic mass is 9.81. The van der Waals surface area contributed by atoms with Crippen LogP contribution in [0.3, 0.4) is 0 Å². The fourth-order valence-electron chi connectivity index (χ4n) is 5.48. The van der Waals surface area contributed by atoms with E-state index in [1.807, 2.05) is 37.6 Å². The minimum atomic E-state index is -0.580. The molecule has 1 aliphatic heterocycles. The number of carbonyl (C=O) groups is 1. The molecule has 2 heterocycles. The van der Waals surface area contributed by atoms with E-state index in [0.717, 1.165) is 37.2 Å². The van der Waals surface area contributed by atoms with Gasteiger partial charge in [0.2, 0.25) is 0 Å². The van der Waals surface area contributed by atoms with Crippen LogP contribution in [0.2, 0.25) is 10.0 Å². The molecule has 1 aromatic heterocycles. The largest absolute Gasteiger partial charge is 0.495 e. The topological polar surface area (TPSA) is 59.4 Å². The molecule has 1 atom stereocenters. The molecule has 0 unspecified atom stereocenters. The van der Waals surface area contributed by atoms with Crippen LogP contribution < -0.4 is 10.1 Å². The van der Waals surface area contributed by atoms with Gasteiger partial charge in [-0.25, -0.2) is 13.8 Å². The van der Waals surface area contributed by atoms with Gasteiger partial charge in [0.25, 0.3) is 5.91 Å². The Morgan fingerprint density at radius 1 is 1.11 bits per heavy atom. The van der Waals surface area contributed by atoms with Crippen LogP contribution in [0, 0.1) is 11.6 Å². The second-order valence-electron chi connectivity index (χ2n) is 11.5. The maximum atomic E-state index is 15.4. The number of hydrogen-bond donors (Lipinski definition) is 1. The zero-order chi connectivity index (χ0) is 31.6. The quantitative estimate of drug-likeness (QED) is 0.185. The van der Waals surface area contributed by atoms with E-state index in [0.29, 0.717) is 21.6 Å². The van der Waals surface area contributed by atoms with E-state index in [1.54, 1.807) is 31.5 Å². The Balaban J connectivity index is 1.43. The third kappa shape index (κ3) is 6.91. The van der Waals surface area contributed by atoms with Crippen molar-refractivity contribution < 1.29 is 18.3 Å². The van der Waals surface area contributed by atoms with Crippen LogP contribution in [0.5, 0.6) is 5.75 Å². The second kappa shape index (κ2) is 13.5. The highest BCUT2D eigenvalue weighted by atomic mass is 35.5. The van der Waals surface area contributed by atoms with E-state index < -0.39 is 11.2 Å². The van der Waals surface area contributed by atoms with Crippen molar-refractivity contribution in [2.24, 2.45) is 0 Å². The molecule has 1 fully saturated rings. The molecule has 0 bridgehead atoms. The molecule has 0 saturated carbocycles. The molecule has 232 valence electrons. The third-order valence-electron chi connectivity index (χ3n) is 8.04. The van der Waals surface area contributed by atoms with Crippen molar-refractivity contribution in [3.8, 4) is 11.4 Å². The van der Waals surface area contributed by atoms with Crippen LogP contribution in [0.1, 0.15) is 53.9 Å². The number of amides is 1. The maximum absolute atomic E-state index is 15.4. The van der Waals surface area contributed by atoms with Gasteiger partial charge < -0.3 is 15.0 Å². The fraction of sp³-hybridized carbons (Fsp3) is 0.333. The first-order valence-electron chi connectivity index (χ1n) is 14.3. The second-order valence-corrected chi connectivity index (χ2v) is 13.3. The van der Waals surface area contributed by atoms with Gasteiger partial charge in [-0.15, -0.1) is 0 Å². The number of imidazole rings is 1. The Labute approximate surface area is 270 Å². The van der Waals surface area contributed by atoms with Gasteiger partial charge in [-0.1, -0.05) is 54.9 Å². The van der Waals surface area contributed by atoms with E-state index in [1.165, 1.54) is 36.0 Å². The lowest BCUT2D eigenvalue weighted by molar-refractivity contribution is 0.0912. The number of piperidine rings is 1. The molecule has 4 aromatic rings. The van der Waals surface area contributed by atoms with Gasteiger partial charge in [0.15, 0.2) is 5.16 Å². The Kier molecular flexibility index (Phi) is 9.89. The summed E-state index contributed by atoms with van der Waals surface area (Å²) in [5.74, 6) is -0.562. The lowest BCUT2D eigenvalue weighted by Gasteiger charge is -2.30. The number of hydrogen-bond acceptors (Lipinski definition) is 5. The number of aromatic nitrogens is 2. The van der Waals surface area contributed by atoms with E-state index in [9.17, 15) is 9.18 Å². The standard InChI is InChI=1S/C33H34Cl2F2N4O2S/c1-33(2,21-7-12-26(34)29(16-21)43-4)30-17-38-32(41(30)24-10-8-22(36)9-11-24)44-19-25-27(35)14-20(15-28(25)37)31(42)39-23-6-5-13-40(3)18-23/h7-12,14-17,23H,5-6,13,18-19H2,1-4H3,(H,39,42)/t23-/m0/s1. The van der Waals surface area contributed by atoms with Gasteiger partial charge in [0, 0.05) is 45.6 Å². The molecular formula is C33H34Cl2F2N4O2S. The highest BCUT2D eigenvalue weighted by Crippen LogP contribution is 2.39. The first-order chi connectivity index (χ1) is 21.0. The zero-order valence-corrected chi connectivity index (χ0v) is 27.3. The minimum absolute atomic E-state index is 0.0102. The molecule has 1 N–H and O–H groups in total. The van der Waals surface area contributed by atoms with Crippen molar-refractivity contribution in [3.63, 3.8) is 0 Å². The van der Waals surface area contributed by atoms with Crippen molar-refractivity contribution in [1.29, 1.82) is 0 Å². The predicted octanol–water partition coefficient (Wildman–Crippen LogP) is 7.91. The van der Waals surface area contributed by atoms with Crippen LogP contribution in [0.4, 0.5) is 8.78 Å². The fourth-order valence-corrected chi connectivity index (χ4v) is 7.05. The number of thioether (sulfide) groups is 1. The van der Waals surface area contributed by atoms with Crippen molar-refractivity contribution in [2.45, 2.75) is 49.1 Å². The summed E-state index contributed by atoms with van der Waals surface area (Å²) in [4.78, 5) is 19.8. The number of ether oxygens (including phenoxy) is 1. The summed E-state index contributed by atoms with van der Waals surface area (Å²) >= 11 is 14.1. The molecule has 1 saturated heterocycles. The van der Waals surface area contributed by atoms with Crippen LogP contribution in [0.25, 0.3) is 5.69 Å². The van der Waals surface area contributed by atoms with Crippen molar-refractivity contribution >= 4 is 40.9 Å². The van der Waals surface area contributed by atoms with Crippen molar-refractivity contribution in [3.05, 3.63) is 105 Å². The molecule has 5 rings (SSSR count). The summed E-state index contributed by atoms with van der Waals surface area (Å²) in [7, 11) is 3.58. The summed E-state index contributed by atoms with van der Waals surface area (Å²) < 4.78 is 36.7. The highest BCUT2D eigenvalue weighted by Gasteiger charge is 2.31. The number of halogens is 4. The maximum Gasteiger partial charge on any atom is 0.251 e. The summed E-state index contributed by atoms with van der Waals surface area (Å²) in [5, 5.41) is 4.23. The zero-order valence-electron chi connectivity index (χ0n) is 25.0. The number of nitrogens with one attached hydrogen (secondary N) is 1. The smallest absolute Gasteiger partial charge is 0.251 e. The predicted molar refractivity (Wildman–Crippen MR) is 173 cm³/mol. The molecule has 0 spiro atoms. The van der Waals surface area contributed by atoms with Gasteiger partial charge >= 0.3 is 0 Å². The summed E-state index contributed by atoms with van der Waals surface area (Å²) in [6, 6.07) is 14.5. The first kappa shape index (κ1) is 32.3. The molecule has 1 aliphatic rings. The minimum Gasteiger partial charge on any atom is -0.495 e. The molecule has 6 nitrogen and oxygen atoms in total. The molecule has 11 heteroatoms. The van der Waals surface area contributed by atoms with E-state index >= 15 is 4.39 Å². The molecule has 44 heavy (non-hydrogen) atoms. The van der Waals surface area contributed by atoms with E-state index in [-0.39, 0.29) is 39.7 Å². The number of likely N-dealkylation sites (N-methyl/N-ethyl adjacent to an activating group) is 1. The number of rotatable bonds is 9. The summed E-state index contributed by atoms with van der Waals surface area (Å²) in [6.07, 6.45) is 3.64. The molecule has 1 amide bonds. The van der Waals surface area contributed by atoms with Gasteiger partial charge in [-0.3, -0.25) is 9.36 Å². The van der Waals surface area contributed by atoms with Gasteiger partial charge in [-0.05, 0) is 80.5 Å². The Morgan fingerprint density at radius 2 is 1.86 bits per heavy atom. The summed E-state index contributed by atoms with van der Waals surface area (Å²) in [5.41, 5.74) is 2.32. The average Bonchev–Trinajstić information content (AvgIpc) is 3.42. The van der Waals surface area contributed by atoms with Crippen LogP contribution in [-0.2, 0) is 11.2 Å². The number of methoxy groups -OCH3 is 1. The Bertz CT molecular complexity index is 1640. The van der Waals surface area contributed by atoms with E-state index in [2.05, 4.69) is 10.2 Å². The van der Waals surface area contributed by atoms with Crippen molar-refractivity contribution in [1.82, 2.24) is 19.8 Å². The number of likely N-dealkylation sites (tertiary alicyclic amines) is 1. The van der Waals surface area contributed by atoms with Gasteiger partial charge in [0.05, 0.1) is 24.0 Å². The first-order valence-corrected chi connectivity index (χ1v) is 16.0. The van der Waals surface area contributed by atoms with Crippen LogP contribution in [0.15, 0.2) is 66.0 Å². The number of carbonyl (C=O) groups excluding carboxylic acids is 1. The Hall–Kier alpha value is -3.11. The number of benzene rings is 3. The average molecular weight is 660 g/mol. The van der Waals surface area contributed by atoms with Gasteiger partial charge in [-0.2, -0.15) is 0 Å².